The number of hydrogen-bond donors (Lipinski definition) is 1. The van der Waals surface area contributed by atoms with Crippen LogP contribution in [0.5, 0.6) is 5.88 Å². The van der Waals surface area contributed by atoms with Crippen LogP contribution in [0.15, 0.2) is 47.4 Å². The first-order chi connectivity index (χ1) is 9.69. The van der Waals surface area contributed by atoms with Crippen molar-refractivity contribution in [3.63, 3.8) is 0 Å². The molecule has 6 heteroatoms. The monoisotopic (exact) mass is 296 g/mol. The minimum absolute atomic E-state index is 0.442. The van der Waals surface area contributed by atoms with Gasteiger partial charge in [-0.2, -0.15) is 8.78 Å². The largest absolute Gasteiger partial charge is 0.481 e. The average molecular weight is 296 g/mol. The standard InChI is InChI=1S/C14H14F2N2OS/c1-19-13-8-4-5-10(18-13)9-17-11-6-2-3-7-12(11)20-14(15)16/h2-8,14,17H,9H2,1H3. The molecule has 20 heavy (non-hydrogen) atoms. The predicted octanol–water partition coefficient (Wildman–Crippen LogP) is 4.02. The summed E-state index contributed by atoms with van der Waals surface area (Å²) >= 11 is 0.527. The summed E-state index contributed by atoms with van der Waals surface area (Å²) in [7, 11) is 1.55. The smallest absolute Gasteiger partial charge is 0.288 e. The van der Waals surface area contributed by atoms with Gasteiger partial charge in [-0.3, -0.25) is 0 Å². The van der Waals surface area contributed by atoms with Crippen LogP contribution in [0, 0.1) is 0 Å². The molecule has 0 radical (unpaired) electrons. The van der Waals surface area contributed by atoms with E-state index in [1.54, 1.807) is 37.4 Å². The Balaban J connectivity index is 2.06. The Morgan fingerprint density at radius 2 is 2.00 bits per heavy atom. The number of alkyl halides is 2. The van der Waals surface area contributed by atoms with Gasteiger partial charge in [-0.1, -0.05) is 30.0 Å². The van der Waals surface area contributed by atoms with E-state index < -0.39 is 5.76 Å². The number of benzene rings is 1. The first-order valence-electron chi connectivity index (χ1n) is 5.96. The van der Waals surface area contributed by atoms with Crippen molar-refractivity contribution in [3.05, 3.63) is 48.2 Å². The molecule has 2 rings (SSSR count). The maximum atomic E-state index is 12.5. The van der Waals surface area contributed by atoms with Crippen molar-refractivity contribution < 1.29 is 13.5 Å². The van der Waals surface area contributed by atoms with Gasteiger partial charge in [0.05, 0.1) is 19.3 Å². The van der Waals surface area contributed by atoms with Gasteiger partial charge in [0.1, 0.15) is 0 Å². The molecular formula is C14H14F2N2OS. The van der Waals surface area contributed by atoms with Crippen molar-refractivity contribution in [1.29, 1.82) is 0 Å². The molecule has 0 aliphatic carbocycles. The SMILES string of the molecule is COc1cccc(CNc2ccccc2SC(F)F)n1. The van der Waals surface area contributed by atoms with Crippen molar-refractivity contribution in [3.8, 4) is 5.88 Å². The van der Waals surface area contributed by atoms with E-state index in [0.29, 0.717) is 34.8 Å². The molecule has 0 aliphatic heterocycles. The number of rotatable bonds is 6. The molecule has 1 aromatic carbocycles. The molecule has 0 unspecified atom stereocenters. The molecule has 0 spiro atoms. The fourth-order valence-electron chi connectivity index (χ4n) is 1.67. The number of ether oxygens (including phenoxy) is 1. The molecule has 3 nitrogen and oxygen atoms in total. The van der Waals surface area contributed by atoms with Crippen LogP contribution in [0.3, 0.4) is 0 Å². The first kappa shape index (κ1) is 14.6. The van der Waals surface area contributed by atoms with Gasteiger partial charge in [-0.05, 0) is 18.2 Å². The normalized spacial score (nSPS) is 10.6. The van der Waals surface area contributed by atoms with E-state index in [4.69, 9.17) is 4.74 Å². The van der Waals surface area contributed by atoms with Crippen LogP contribution in [-0.4, -0.2) is 17.9 Å². The number of para-hydroxylation sites is 1. The fraction of sp³-hybridized carbons (Fsp3) is 0.214. The summed E-state index contributed by atoms with van der Waals surface area (Å²) in [5.74, 6) is -1.91. The second kappa shape index (κ2) is 7.09. The van der Waals surface area contributed by atoms with E-state index in [2.05, 4.69) is 10.3 Å². The number of methoxy groups -OCH3 is 1. The molecule has 0 bridgehead atoms. The molecule has 0 atom stereocenters. The zero-order chi connectivity index (χ0) is 14.4. The highest BCUT2D eigenvalue weighted by atomic mass is 32.2. The number of aromatic nitrogens is 1. The number of pyridine rings is 1. The summed E-state index contributed by atoms with van der Waals surface area (Å²) < 4.78 is 30.0. The lowest BCUT2D eigenvalue weighted by Crippen LogP contribution is -2.03. The highest BCUT2D eigenvalue weighted by Crippen LogP contribution is 2.31. The van der Waals surface area contributed by atoms with Gasteiger partial charge in [0.2, 0.25) is 5.88 Å². The molecule has 106 valence electrons. The van der Waals surface area contributed by atoms with Crippen LogP contribution >= 0.6 is 11.8 Å². The van der Waals surface area contributed by atoms with Gasteiger partial charge >= 0.3 is 0 Å². The first-order valence-corrected chi connectivity index (χ1v) is 6.84. The van der Waals surface area contributed by atoms with E-state index >= 15 is 0 Å². The molecule has 0 saturated carbocycles. The summed E-state index contributed by atoms with van der Waals surface area (Å²) in [5, 5.41) is 3.11. The van der Waals surface area contributed by atoms with Crippen LogP contribution in [0.4, 0.5) is 14.5 Å². The highest BCUT2D eigenvalue weighted by Gasteiger charge is 2.09. The topological polar surface area (TPSA) is 34.1 Å². The number of anilines is 1. The van der Waals surface area contributed by atoms with Crippen molar-refractivity contribution in [1.82, 2.24) is 4.98 Å². The zero-order valence-corrected chi connectivity index (χ0v) is 11.7. The summed E-state index contributed by atoms with van der Waals surface area (Å²) in [5.41, 5.74) is 1.45. The molecule has 1 N–H and O–H groups in total. The lowest BCUT2D eigenvalue weighted by atomic mass is 10.3. The predicted molar refractivity (Wildman–Crippen MR) is 76.4 cm³/mol. The van der Waals surface area contributed by atoms with E-state index in [0.717, 1.165) is 5.69 Å². The molecule has 1 heterocycles. The van der Waals surface area contributed by atoms with E-state index in [1.807, 2.05) is 12.1 Å². The second-order valence-corrected chi connectivity index (χ2v) is 4.93. The molecule has 0 amide bonds. The van der Waals surface area contributed by atoms with Crippen molar-refractivity contribution in [2.45, 2.75) is 17.2 Å². The lowest BCUT2D eigenvalue weighted by Gasteiger charge is -2.11. The van der Waals surface area contributed by atoms with E-state index in [-0.39, 0.29) is 0 Å². The number of thioether (sulfide) groups is 1. The third-order valence-electron chi connectivity index (χ3n) is 2.55. The molecule has 1 aromatic heterocycles. The van der Waals surface area contributed by atoms with E-state index in [1.165, 1.54) is 0 Å². The zero-order valence-electron chi connectivity index (χ0n) is 10.8. The summed E-state index contributed by atoms with van der Waals surface area (Å²) in [4.78, 5) is 4.78. The number of hydrogen-bond acceptors (Lipinski definition) is 4. The Morgan fingerprint density at radius 3 is 2.75 bits per heavy atom. The van der Waals surface area contributed by atoms with Crippen LogP contribution < -0.4 is 10.1 Å². The maximum Gasteiger partial charge on any atom is 0.288 e. The molecule has 0 saturated heterocycles. The second-order valence-electron chi connectivity index (χ2n) is 3.90. The Labute approximate surface area is 120 Å². The van der Waals surface area contributed by atoms with Gasteiger partial charge in [0, 0.05) is 16.6 Å². The van der Waals surface area contributed by atoms with Crippen LogP contribution in [0.2, 0.25) is 0 Å². The van der Waals surface area contributed by atoms with Crippen LogP contribution in [0.1, 0.15) is 5.69 Å². The molecule has 0 fully saturated rings. The van der Waals surface area contributed by atoms with E-state index in [9.17, 15) is 8.78 Å². The molecular weight excluding hydrogens is 282 g/mol. The average Bonchev–Trinajstić information content (AvgIpc) is 2.46. The minimum atomic E-state index is -2.44. The third-order valence-corrected chi connectivity index (χ3v) is 3.34. The van der Waals surface area contributed by atoms with Gasteiger partial charge in [-0.25, -0.2) is 4.98 Å². The number of nitrogens with one attached hydrogen (secondary N) is 1. The van der Waals surface area contributed by atoms with Gasteiger partial charge in [-0.15, -0.1) is 0 Å². The third kappa shape index (κ3) is 4.09. The summed E-state index contributed by atoms with van der Waals surface area (Å²) in [6.45, 7) is 0.442. The van der Waals surface area contributed by atoms with Gasteiger partial charge < -0.3 is 10.1 Å². The summed E-state index contributed by atoms with van der Waals surface area (Å²) in [6.07, 6.45) is 0. The lowest BCUT2D eigenvalue weighted by molar-refractivity contribution is 0.252. The summed E-state index contributed by atoms with van der Waals surface area (Å²) in [6, 6.07) is 12.4. The van der Waals surface area contributed by atoms with Crippen LogP contribution in [0.25, 0.3) is 0 Å². The van der Waals surface area contributed by atoms with Gasteiger partial charge in [0.25, 0.3) is 5.76 Å². The van der Waals surface area contributed by atoms with Crippen molar-refractivity contribution in [2.75, 3.05) is 12.4 Å². The Morgan fingerprint density at radius 1 is 1.20 bits per heavy atom. The quantitative estimate of drug-likeness (QED) is 0.817. The van der Waals surface area contributed by atoms with Crippen LogP contribution in [-0.2, 0) is 6.54 Å². The molecule has 0 aliphatic rings. The minimum Gasteiger partial charge on any atom is -0.481 e. The van der Waals surface area contributed by atoms with Gasteiger partial charge in [0.15, 0.2) is 0 Å². The maximum absolute atomic E-state index is 12.5. The fourth-order valence-corrected chi connectivity index (χ4v) is 2.28. The number of nitrogens with zero attached hydrogens (tertiary/aromatic N) is 1. The Hall–Kier alpha value is -1.82. The molecule has 2 aromatic rings. The highest BCUT2D eigenvalue weighted by molar-refractivity contribution is 7.99. The Bertz CT molecular complexity index is 566. The number of halogens is 2. The Kier molecular flexibility index (Phi) is 5.17. The van der Waals surface area contributed by atoms with Crippen molar-refractivity contribution >= 4 is 17.4 Å². The van der Waals surface area contributed by atoms with Crippen molar-refractivity contribution in [2.24, 2.45) is 0 Å².